The summed E-state index contributed by atoms with van der Waals surface area (Å²) >= 11 is 5.90. The van der Waals surface area contributed by atoms with Gasteiger partial charge in [-0.3, -0.25) is 0 Å². The average Bonchev–Trinajstić information content (AvgIpc) is 2.37. The van der Waals surface area contributed by atoms with E-state index < -0.39 is 0 Å². The first-order chi connectivity index (χ1) is 8.61. The van der Waals surface area contributed by atoms with E-state index in [1.165, 1.54) is 25.6 Å². The first kappa shape index (κ1) is 12.6. The normalized spacial score (nSPS) is 10.2. The predicted molar refractivity (Wildman–Crippen MR) is 68.0 cm³/mol. The topological polar surface area (TPSA) is 47.0 Å². The molecule has 4 nitrogen and oxygen atoms in total. The van der Waals surface area contributed by atoms with Crippen molar-refractivity contribution in [3.63, 3.8) is 0 Å². The van der Waals surface area contributed by atoms with Crippen LogP contribution in [0.5, 0.6) is 5.75 Å². The van der Waals surface area contributed by atoms with Crippen LogP contribution in [0.15, 0.2) is 24.5 Å². The summed E-state index contributed by atoms with van der Waals surface area (Å²) in [4.78, 5) is 7.94. The molecule has 94 valence electrons. The van der Waals surface area contributed by atoms with E-state index in [0.29, 0.717) is 28.0 Å². The largest absolute Gasteiger partial charge is 0.494 e. The van der Waals surface area contributed by atoms with Crippen molar-refractivity contribution in [3.8, 4) is 5.75 Å². The van der Waals surface area contributed by atoms with Crippen LogP contribution in [0.2, 0.25) is 5.15 Å². The SMILES string of the molecule is COc1cc(F)ccc1Nc1ncnc(Cl)c1C. The van der Waals surface area contributed by atoms with Crippen molar-refractivity contribution < 1.29 is 9.13 Å². The van der Waals surface area contributed by atoms with Crippen molar-refractivity contribution in [1.82, 2.24) is 9.97 Å². The molecule has 0 amide bonds. The number of nitrogens with zero attached hydrogens (tertiary/aromatic N) is 2. The van der Waals surface area contributed by atoms with Gasteiger partial charge >= 0.3 is 0 Å². The Balaban J connectivity index is 2.37. The van der Waals surface area contributed by atoms with Gasteiger partial charge in [-0.15, -0.1) is 0 Å². The first-order valence-electron chi connectivity index (χ1n) is 5.19. The second-order valence-corrected chi connectivity index (χ2v) is 3.97. The van der Waals surface area contributed by atoms with Crippen LogP contribution in [0.4, 0.5) is 15.9 Å². The second-order valence-electron chi connectivity index (χ2n) is 3.61. The maximum Gasteiger partial charge on any atom is 0.145 e. The van der Waals surface area contributed by atoms with Gasteiger partial charge in [-0.1, -0.05) is 11.6 Å². The van der Waals surface area contributed by atoms with Gasteiger partial charge in [0.25, 0.3) is 0 Å². The molecule has 0 bridgehead atoms. The Morgan fingerprint density at radius 2 is 2.11 bits per heavy atom. The molecule has 6 heteroatoms. The summed E-state index contributed by atoms with van der Waals surface area (Å²) < 4.78 is 18.2. The van der Waals surface area contributed by atoms with Crippen LogP contribution < -0.4 is 10.1 Å². The predicted octanol–water partition coefficient (Wildman–Crippen LogP) is 3.33. The van der Waals surface area contributed by atoms with E-state index in [0.717, 1.165) is 0 Å². The molecule has 0 radical (unpaired) electrons. The number of benzene rings is 1. The molecular formula is C12H11ClFN3O. The summed E-state index contributed by atoms with van der Waals surface area (Å²) in [5.74, 6) is 0.582. The molecule has 1 aromatic heterocycles. The van der Waals surface area contributed by atoms with Crippen molar-refractivity contribution in [3.05, 3.63) is 41.1 Å². The molecule has 0 aliphatic carbocycles. The molecule has 1 heterocycles. The van der Waals surface area contributed by atoms with Crippen LogP contribution in [0.1, 0.15) is 5.56 Å². The number of aromatic nitrogens is 2. The highest BCUT2D eigenvalue weighted by Gasteiger charge is 2.09. The smallest absolute Gasteiger partial charge is 0.145 e. The Bertz CT molecular complexity index is 577. The average molecular weight is 268 g/mol. The Morgan fingerprint density at radius 1 is 1.33 bits per heavy atom. The van der Waals surface area contributed by atoms with Crippen molar-refractivity contribution in [2.75, 3.05) is 12.4 Å². The number of halogens is 2. The minimum Gasteiger partial charge on any atom is -0.494 e. The van der Waals surface area contributed by atoms with Crippen molar-refractivity contribution in [1.29, 1.82) is 0 Å². The number of anilines is 2. The summed E-state index contributed by atoms with van der Waals surface area (Å²) in [6.45, 7) is 1.79. The van der Waals surface area contributed by atoms with Gasteiger partial charge in [-0.2, -0.15) is 0 Å². The van der Waals surface area contributed by atoms with Crippen LogP contribution in [-0.4, -0.2) is 17.1 Å². The lowest BCUT2D eigenvalue weighted by atomic mass is 10.2. The maximum atomic E-state index is 13.1. The fourth-order valence-corrected chi connectivity index (χ4v) is 1.58. The Kier molecular flexibility index (Phi) is 3.62. The number of nitrogens with one attached hydrogen (secondary N) is 1. The molecule has 0 fully saturated rings. The van der Waals surface area contributed by atoms with E-state index in [2.05, 4.69) is 15.3 Å². The lowest BCUT2D eigenvalue weighted by Gasteiger charge is -2.12. The van der Waals surface area contributed by atoms with Gasteiger partial charge in [0.2, 0.25) is 0 Å². The molecule has 0 atom stereocenters. The van der Waals surface area contributed by atoms with E-state index in [9.17, 15) is 4.39 Å². The molecule has 0 aliphatic heterocycles. The van der Waals surface area contributed by atoms with Crippen molar-refractivity contribution in [2.45, 2.75) is 6.92 Å². The minimum atomic E-state index is -0.366. The quantitative estimate of drug-likeness (QED) is 0.867. The highest BCUT2D eigenvalue weighted by Crippen LogP contribution is 2.29. The van der Waals surface area contributed by atoms with E-state index in [1.54, 1.807) is 13.0 Å². The molecule has 0 spiro atoms. The summed E-state index contributed by atoms with van der Waals surface area (Å²) in [6.07, 6.45) is 1.35. The lowest BCUT2D eigenvalue weighted by molar-refractivity contribution is 0.413. The van der Waals surface area contributed by atoms with E-state index in [4.69, 9.17) is 16.3 Å². The maximum absolute atomic E-state index is 13.1. The second kappa shape index (κ2) is 5.18. The summed E-state index contributed by atoms with van der Waals surface area (Å²) in [5.41, 5.74) is 1.32. The van der Waals surface area contributed by atoms with Crippen LogP contribution in [0, 0.1) is 12.7 Å². The third kappa shape index (κ3) is 2.51. The molecule has 1 N–H and O–H groups in total. The van der Waals surface area contributed by atoms with Crippen molar-refractivity contribution in [2.24, 2.45) is 0 Å². The Labute approximate surface area is 109 Å². The number of hydrogen-bond donors (Lipinski definition) is 1. The minimum absolute atomic E-state index is 0.366. The van der Waals surface area contributed by atoms with Gasteiger partial charge in [-0.05, 0) is 19.1 Å². The van der Waals surface area contributed by atoms with Crippen LogP contribution in [0.3, 0.4) is 0 Å². The Morgan fingerprint density at radius 3 is 2.83 bits per heavy atom. The van der Waals surface area contributed by atoms with E-state index >= 15 is 0 Å². The molecule has 1 aromatic carbocycles. The number of hydrogen-bond acceptors (Lipinski definition) is 4. The van der Waals surface area contributed by atoms with Gasteiger partial charge in [0.1, 0.15) is 28.9 Å². The zero-order valence-corrected chi connectivity index (χ0v) is 10.6. The fraction of sp³-hybridized carbons (Fsp3) is 0.167. The summed E-state index contributed by atoms with van der Waals surface area (Å²) in [7, 11) is 1.47. The third-order valence-corrected chi connectivity index (χ3v) is 2.82. The van der Waals surface area contributed by atoms with Gasteiger partial charge in [-0.25, -0.2) is 14.4 Å². The van der Waals surface area contributed by atoms with Crippen LogP contribution >= 0.6 is 11.6 Å². The first-order valence-corrected chi connectivity index (χ1v) is 5.57. The third-order valence-electron chi connectivity index (χ3n) is 2.44. The van der Waals surface area contributed by atoms with E-state index in [1.807, 2.05) is 0 Å². The highest BCUT2D eigenvalue weighted by atomic mass is 35.5. The lowest BCUT2D eigenvalue weighted by Crippen LogP contribution is -2.00. The molecule has 0 unspecified atom stereocenters. The van der Waals surface area contributed by atoms with Crippen LogP contribution in [-0.2, 0) is 0 Å². The van der Waals surface area contributed by atoms with Gasteiger partial charge in [0.05, 0.1) is 12.8 Å². The van der Waals surface area contributed by atoms with Crippen LogP contribution in [0.25, 0.3) is 0 Å². The molecule has 0 saturated carbocycles. The number of ether oxygens (including phenoxy) is 1. The molecule has 2 aromatic rings. The fourth-order valence-electron chi connectivity index (χ4n) is 1.45. The standard InChI is InChI=1S/C12H11ClFN3O/c1-7-11(13)15-6-16-12(7)17-9-4-3-8(14)5-10(9)18-2/h3-6H,1-2H3,(H,15,16,17). The molecule has 0 saturated heterocycles. The number of methoxy groups -OCH3 is 1. The van der Waals surface area contributed by atoms with E-state index in [-0.39, 0.29) is 5.82 Å². The molecule has 0 aliphatic rings. The number of rotatable bonds is 3. The highest BCUT2D eigenvalue weighted by molar-refractivity contribution is 6.30. The monoisotopic (exact) mass is 267 g/mol. The zero-order valence-electron chi connectivity index (χ0n) is 9.87. The molecule has 2 rings (SSSR count). The molecule has 18 heavy (non-hydrogen) atoms. The van der Waals surface area contributed by atoms with Gasteiger partial charge < -0.3 is 10.1 Å². The van der Waals surface area contributed by atoms with Gasteiger partial charge in [0, 0.05) is 11.6 Å². The zero-order chi connectivity index (χ0) is 13.1. The Hall–Kier alpha value is -1.88. The molecular weight excluding hydrogens is 257 g/mol. The summed E-state index contributed by atoms with van der Waals surface area (Å²) in [6, 6.07) is 4.20. The van der Waals surface area contributed by atoms with Gasteiger partial charge in [0.15, 0.2) is 0 Å². The van der Waals surface area contributed by atoms with Crippen molar-refractivity contribution >= 4 is 23.1 Å². The summed E-state index contributed by atoms with van der Waals surface area (Å²) in [5, 5.41) is 3.40.